The van der Waals surface area contributed by atoms with Gasteiger partial charge in [0.15, 0.2) is 0 Å². The van der Waals surface area contributed by atoms with Crippen molar-refractivity contribution >= 4 is 39.9 Å². The van der Waals surface area contributed by atoms with Crippen molar-refractivity contribution in [3.05, 3.63) is 62.7 Å². The molecule has 0 aliphatic carbocycles. The number of hydrogen-bond acceptors (Lipinski definition) is 3. The lowest BCUT2D eigenvalue weighted by Crippen LogP contribution is -2.24. The number of hydrogen-bond donors (Lipinski definition) is 2. The Hall–Kier alpha value is -0.820. The minimum atomic E-state index is -0.564. The first-order valence-corrected chi connectivity index (χ1v) is 8.09. The summed E-state index contributed by atoms with van der Waals surface area (Å²) in [6.45, 7) is 1.12. The van der Waals surface area contributed by atoms with Crippen LogP contribution in [-0.2, 0) is 11.3 Å². The fourth-order valence-electron chi connectivity index (χ4n) is 1.81. The summed E-state index contributed by atoms with van der Waals surface area (Å²) >= 11 is 8.29. The zero-order chi connectivity index (χ0) is 15.1. The minimum absolute atomic E-state index is 0.266. The van der Waals surface area contributed by atoms with E-state index in [0.29, 0.717) is 18.2 Å². The molecule has 0 spiro atoms. The van der Waals surface area contributed by atoms with E-state index in [1.165, 1.54) is 0 Å². The van der Waals surface area contributed by atoms with E-state index in [4.69, 9.17) is 16.3 Å². The van der Waals surface area contributed by atoms with Crippen LogP contribution in [0.4, 0.5) is 5.69 Å². The second-order valence-corrected chi connectivity index (χ2v) is 6.30. The summed E-state index contributed by atoms with van der Waals surface area (Å²) in [4.78, 5) is 0. The van der Waals surface area contributed by atoms with Gasteiger partial charge < -0.3 is 15.2 Å². The van der Waals surface area contributed by atoms with Crippen LogP contribution in [0.3, 0.4) is 0 Å². The summed E-state index contributed by atoms with van der Waals surface area (Å²) in [6.07, 6.45) is -0.564. The van der Waals surface area contributed by atoms with Crippen molar-refractivity contribution in [3.63, 3.8) is 0 Å². The predicted molar refractivity (Wildman–Crippen MR) is 94.8 cm³/mol. The number of nitrogens with one attached hydrogen (secondary N) is 1. The fraction of sp³-hybridized carbons (Fsp3) is 0.250. The van der Waals surface area contributed by atoms with Crippen molar-refractivity contribution in [2.24, 2.45) is 0 Å². The van der Waals surface area contributed by atoms with Crippen LogP contribution in [0.15, 0.2) is 48.5 Å². The van der Waals surface area contributed by atoms with Gasteiger partial charge in [-0.05, 0) is 52.4 Å². The van der Waals surface area contributed by atoms with Crippen LogP contribution in [0.2, 0.25) is 5.02 Å². The maximum absolute atomic E-state index is 9.90. The maximum atomic E-state index is 9.90. The second kappa shape index (κ2) is 8.58. The third-order valence-electron chi connectivity index (χ3n) is 2.89. The summed E-state index contributed by atoms with van der Waals surface area (Å²) in [5.41, 5.74) is 1.92. The lowest BCUT2D eigenvalue weighted by Gasteiger charge is -2.14. The van der Waals surface area contributed by atoms with Crippen LogP contribution >= 0.6 is 34.2 Å². The standard InChI is InChI=1S/C16H17ClINO2/c17-16-7-2-1-4-12(16)10-21-11-15(20)9-19-14-6-3-5-13(18)8-14/h1-8,15,19-20H,9-11H2. The van der Waals surface area contributed by atoms with Crippen molar-refractivity contribution < 1.29 is 9.84 Å². The molecule has 0 heterocycles. The van der Waals surface area contributed by atoms with Crippen molar-refractivity contribution in [1.29, 1.82) is 0 Å². The topological polar surface area (TPSA) is 41.5 Å². The molecule has 0 radical (unpaired) electrons. The summed E-state index contributed by atoms with van der Waals surface area (Å²) in [7, 11) is 0. The summed E-state index contributed by atoms with van der Waals surface area (Å²) in [6, 6.07) is 15.5. The number of halogens is 2. The van der Waals surface area contributed by atoms with Gasteiger partial charge in [0.1, 0.15) is 0 Å². The average molecular weight is 418 g/mol. The van der Waals surface area contributed by atoms with Gasteiger partial charge in [0.05, 0.1) is 19.3 Å². The number of aliphatic hydroxyl groups is 1. The maximum Gasteiger partial charge on any atom is 0.0945 e. The highest BCUT2D eigenvalue weighted by Gasteiger charge is 2.06. The lowest BCUT2D eigenvalue weighted by molar-refractivity contribution is 0.0348. The molecular formula is C16H17ClINO2. The van der Waals surface area contributed by atoms with E-state index < -0.39 is 6.10 Å². The molecule has 5 heteroatoms. The number of rotatable bonds is 7. The molecule has 1 unspecified atom stereocenters. The Morgan fingerprint density at radius 3 is 2.76 bits per heavy atom. The molecule has 2 N–H and O–H groups in total. The average Bonchev–Trinajstić information content (AvgIpc) is 2.47. The molecule has 0 saturated heterocycles. The Morgan fingerprint density at radius 2 is 2.00 bits per heavy atom. The van der Waals surface area contributed by atoms with Crippen LogP contribution < -0.4 is 5.32 Å². The van der Waals surface area contributed by atoms with Gasteiger partial charge in [0.25, 0.3) is 0 Å². The van der Waals surface area contributed by atoms with Gasteiger partial charge in [0.2, 0.25) is 0 Å². The zero-order valence-electron chi connectivity index (χ0n) is 11.4. The molecule has 0 aromatic heterocycles. The van der Waals surface area contributed by atoms with Crippen LogP contribution in [0.1, 0.15) is 5.56 Å². The molecular weight excluding hydrogens is 401 g/mol. The third-order valence-corrected chi connectivity index (χ3v) is 3.93. The minimum Gasteiger partial charge on any atom is -0.389 e. The molecule has 0 aliphatic heterocycles. The van der Waals surface area contributed by atoms with Crippen molar-refractivity contribution in [1.82, 2.24) is 0 Å². The van der Waals surface area contributed by atoms with Crippen LogP contribution in [0.25, 0.3) is 0 Å². The number of ether oxygens (including phenoxy) is 1. The summed E-state index contributed by atoms with van der Waals surface area (Å²) < 4.78 is 6.65. The molecule has 0 saturated carbocycles. The van der Waals surface area contributed by atoms with Gasteiger partial charge >= 0.3 is 0 Å². The van der Waals surface area contributed by atoms with Gasteiger partial charge in [0, 0.05) is 20.8 Å². The van der Waals surface area contributed by atoms with Gasteiger partial charge in [-0.3, -0.25) is 0 Å². The molecule has 2 aromatic carbocycles. The molecule has 2 aromatic rings. The van der Waals surface area contributed by atoms with E-state index >= 15 is 0 Å². The van der Waals surface area contributed by atoms with E-state index in [2.05, 4.69) is 27.9 Å². The zero-order valence-corrected chi connectivity index (χ0v) is 14.3. The van der Waals surface area contributed by atoms with Crippen LogP contribution in [0, 0.1) is 3.57 Å². The molecule has 112 valence electrons. The molecule has 3 nitrogen and oxygen atoms in total. The van der Waals surface area contributed by atoms with Gasteiger partial charge in [-0.2, -0.15) is 0 Å². The van der Waals surface area contributed by atoms with Crippen molar-refractivity contribution in [3.8, 4) is 0 Å². The van der Waals surface area contributed by atoms with Crippen LogP contribution in [0.5, 0.6) is 0 Å². The molecule has 0 amide bonds. The van der Waals surface area contributed by atoms with E-state index in [9.17, 15) is 5.11 Å². The Labute approximate surface area is 143 Å². The Kier molecular flexibility index (Phi) is 6.76. The smallest absolute Gasteiger partial charge is 0.0945 e. The second-order valence-electron chi connectivity index (χ2n) is 4.65. The normalized spacial score (nSPS) is 12.1. The van der Waals surface area contributed by atoms with Crippen LogP contribution in [-0.4, -0.2) is 24.4 Å². The molecule has 2 rings (SSSR count). The highest BCUT2D eigenvalue weighted by atomic mass is 127. The predicted octanol–water partition coefficient (Wildman–Crippen LogP) is 3.93. The van der Waals surface area contributed by atoms with E-state index in [1.807, 2.05) is 48.5 Å². The van der Waals surface area contributed by atoms with Gasteiger partial charge in [-0.15, -0.1) is 0 Å². The molecule has 21 heavy (non-hydrogen) atoms. The largest absolute Gasteiger partial charge is 0.389 e. The van der Waals surface area contributed by atoms with Crippen molar-refractivity contribution in [2.45, 2.75) is 12.7 Å². The molecule has 0 bridgehead atoms. The lowest BCUT2D eigenvalue weighted by atomic mass is 10.2. The Morgan fingerprint density at radius 1 is 1.19 bits per heavy atom. The first kappa shape index (κ1) is 16.5. The Balaban J connectivity index is 1.70. The summed E-state index contributed by atoms with van der Waals surface area (Å²) in [5, 5.41) is 13.8. The van der Waals surface area contributed by atoms with E-state index in [0.717, 1.165) is 14.8 Å². The first-order valence-electron chi connectivity index (χ1n) is 6.64. The highest BCUT2D eigenvalue weighted by molar-refractivity contribution is 14.1. The van der Waals surface area contributed by atoms with Crippen molar-refractivity contribution in [2.75, 3.05) is 18.5 Å². The monoisotopic (exact) mass is 417 g/mol. The molecule has 1 atom stereocenters. The Bertz CT molecular complexity index is 580. The molecule has 0 aliphatic rings. The summed E-state index contributed by atoms with van der Waals surface area (Å²) in [5.74, 6) is 0. The number of aliphatic hydroxyl groups excluding tert-OH is 1. The highest BCUT2D eigenvalue weighted by Crippen LogP contribution is 2.16. The van der Waals surface area contributed by atoms with Gasteiger partial charge in [-0.25, -0.2) is 0 Å². The quantitative estimate of drug-likeness (QED) is 0.671. The molecule has 0 fully saturated rings. The first-order chi connectivity index (χ1) is 10.1. The third kappa shape index (κ3) is 5.82. The van der Waals surface area contributed by atoms with Gasteiger partial charge in [-0.1, -0.05) is 35.9 Å². The SMILES string of the molecule is OC(CNc1cccc(I)c1)COCc1ccccc1Cl. The number of benzene rings is 2. The van der Waals surface area contributed by atoms with E-state index in [1.54, 1.807) is 0 Å². The van der Waals surface area contributed by atoms with E-state index in [-0.39, 0.29) is 6.61 Å². The fourth-order valence-corrected chi connectivity index (χ4v) is 2.55. The number of anilines is 1.